The molecule has 27 heavy (non-hydrogen) atoms. The number of carbonyl (C=O) groups is 1. The summed E-state index contributed by atoms with van der Waals surface area (Å²) in [7, 11) is -3.55. The molecule has 9 heteroatoms. The number of carbonyl (C=O) groups excluding carboxylic acids is 1. The van der Waals surface area contributed by atoms with E-state index in [1.54, 1.807) is 41.8 Å². The third kappa shape index (κ3) is 6.21. The van der Waals surface area contributed by atoms with Crippen molar-refractivity contribution in [1.82, 2.24) is 5.32 Å². The van der Waals surface area contributed by atoms with Gasteiger partial charge in [-0.2, -0.15) is 0 Å². The summed E-state index contributed by atoms with van der Waals surface area (Å²) in [5.74, 6) is -0.0163. The molecule has 3 rings (SSSR count). The first-order chi connectivity index (χ1) is 12.4. The number of amides is 1. The molecule has 0 spiro atoms. The number of hydrogen-bond donors (Lipinski definition) is 3. The largest absolute Gasteiger partial charge is 0.353 e. The highest BCUT2D eigenvalue weighted by Gasteiger charge is 2.20. The van der Waals surface area contributed by atoms with Crippen LogP contribution in [0.25, 0.3) is 0 Å². The third-order valence-electron chi connectivity index (χ3n) is 4.47. The fraction of sp³-hybridized carbons (Fsp3) is 0.389. The third-order valence-corrected chi connectivity index (χ3v) is 7.25. The Morgan fingerprint density at radius 2 is 1.78 bits per heavy atom. The van der Waals surface area contributed by atoms with Crippen molar-refractivity contribution in [2.75, 3.05) is 4.72 Å². The molecule has 1 fully saturated rings. The summed E-state index contributed by atoms with van der Waals surface area (Å²) in [4.78, 5) is 12.2. The van der Waals surface area contributed by atoms with Gasteiger partial charge in [-0.25, -0.2) is 8.42 Å². The SMILES string of the molecule is Cl.NC1CCC(NC(=O)Cc2ccc(NS(=O)(=O)c3cccs3)cc2)CC1. The van der Waals surface area contributed by atoms with Crippen LogP contribution in [-0.4, -0.2) is 26.4 Å². The molecular weight excluding hydrogens is 406 g/mol. The summed E-state index contributed by atoms with van der Waals surface area (Å²) in [6.45, 7) is 0. The van der Waals surface area contributed by atoms with Gasteiger partial charge in [0.15, 0.2) is 0 Å². The maximum Gasteiger partial charge on any atom is 0.271 e. The molecular formula is C18H24ClN3O3S2. The van der Waals surface area contributed by atoms with Gasteiger partial charge in [-0.1, -0.05) is 18.2 Å². The van der Waals surface area contributed by atoms with Crippen LogP contribution in [-0.2, 0) is 21.2 Å². The molecule has 1 heterocycles. The lowest BCUT2D eigenvalue weighted by molar-refractivity contribution is -0.121. The molecule has 0 unspecified atom stereocenters. The molecule has 0 radical (unpaired) electrons. The molecule has 148 valence electrons. The predicted octanol–water partition coefficient (Wildman–Crippen LogP) is 2.90. The highest BCUT2D eigenvalue weighted by molar-refractivity contribution is 7.94. The van der Waals surface area contributed by atoms with Gasteiger partial charge < -0.3 is 11.1 Å². The van der Waals surface area contributed by atoms with E-state index in [1.807, 2.05) is 0 Å². The van der Waals surface area contributed by atoms with E-state index in [9.17, 15) is 13.2 Å². The highest BCUT2D eigenvalue weighted by Crippen LogP contribution is 2.21. The first kappa shape index (κ1) is 21.7. The van der Waals surface area contributed by atoms with Crippen molar-refractivity contribution in [3.8, 4) is 0 Å². The zero-order chi connectivity index (χ0) is 18.6. The molecule has 1 saturated carbocycles. The highest BCUT2D eigenvalue weighted by atomic mass is 35.5. The van der Waals surface area contributed by atoms with Crippen LogP contribution < -0.4 is 15.8 Å². The number of nitrogens with one attached hydrogen (secondary N) is 2. The Balaban J connectivity index is 0.00000261. The number of benzene rings is 1. The molecule has 2 aromatic rings. The number of thiophene rings is 1. The van der Waals surface area contributed by atoms with Gasteiger partial charge in [0.05, 0.1) is 6.42 Å². The lowest BCUT2D eigenvalue weighted by Crippen LogP contribution is -2.41. The van der Waals surface area contributed by atoms with Crippen LogP contribution in [0.4, 0.5) is 5.69 Å². The molecule has 1 amide bonds. The van der Waals surface area contributed by atoms with Crippen LogP contribution in [0.1, 0.15) is 31.2 Å². The van der Waals surface area contributed by atoms with Gasteiger partial charge in [-0.15, -0.1) is 23.7 Å². The average Bonchev–Trinajstić information content (AvgIpc) is 3.14. The molecule has 1 aliphatic carbocycles. The van der Waals surface area contributed by atoms with Crippen LogP contribution in [0.2, 0.25) is 0 Å². The molecule has 1 aromatic carbocycles. The maximum atomic E-state index is 12.2. The van der Waals surface area contributed by atoms with E-state index in [1.165, 1.54) is 11.3 Å². The van der Waals surface area contributed by atoms with Gasteiger partial charge in [-0.05, 0) is 54.8 Å². The molecule has 0 aliphatic heterocycles. The van der Waals surface area contributed by atoms with E-state index in [-0.39, 0.29) is 41.0 Å². The second kappa shape index (κ2) is 9.54. The Labute approximate surface area is 170 Å². The average molecular weight is 430 g/mol. The number of halogens is 1. The van der Waals surface area contributed by atoms with Crippen LogP contribution >= 0.6 is 23.7 Å². The minimum atomic E-state index is -3.55. The second-order valence-electron chi connectivity index (χ2n) is 6.59. The van der Waals surface area contributed by atoms with Gasteiger partial charge in [0, 0.05) is 17.8 Å². The summed E-state index contributed by atoms with van der Waals surface area (Å²) in [6.07, 6.45) is 4.03. The number of hydrogen-bond acceptors (Lipinski definition) is 5. The van der Waals surface area contributed by atoms with Crippen molar-refractivity contribution in [3.63, 3.8) is 0 Å². The Kier molecular flexibility index (Phi) is 7.67. The number of anilines is 1. The van der Waals surface area contributed by atoms with Gasteiger partial charge in [0.1, 0.15) is 4.21 Å². The number of nitrogens with two attached hydrogens (primary N) is 1. The summed E-state index contributed by atoms with van der Waals surface area (Å²) in [5, 5.41) is 4.77. The lowest BCUT2D eigenvalue weighted by Gasteiger charge is -2.26. The standard InChI is InChI=1S/C18H23N3O3S2.ClH/c19-14-5-9-15(10-6-14)20-17(22)12-13-3-7-16(8-4-13)21-26(23,24)18-2-1-11-25-18;/h1-4,7-8,11,14-15,21H,5-6,9-10,12,19H2,(H,20,22);1H. The Hall–Kier alpha value is -1.61. The zero-order valence-electron chi connectivity index (χ0n) is 14.8. The molecule has 0 atom stereocenters. The van der Waals surface area contributed by atoms with Crippen molar-refractivity contribution >= 4 is 45.4 Å². The van der Waals surface area contributed by atoms with Crippen molar-refractivity contribution in [2.24, 2.45) is 5.73 Å². The van der Waals surface area contributed by atoms with E-state index in [2.05, 4.69) is 10.0 Å². The summed E-state index contributed by atoms with van der Waals surface area (Å²) >= 11 is 1.17. The van der Waals surface area contributed by atoms with Crippen LogP contribution in [0.15, 0.2) is 46.0 Å². The van der Waals surface area contributed by atoms with E-state index < -0.39 is 10.0 Å². The Morgan fingerprint density at radius 3 is 2.37 bits per heavy atom. The van der Waals surface area contributed by atoms with Crippen LogP contribution in [0.5, 0.6) is 0 Å². The number of rotatable bonds is 6. The topological polar surface area (TPSA) is 101 Å². The maximum absolute atomic E-state index is 12.2. The van der Waals surface area contributed by atoms with Gasteiger partial charge in [-0.3, -0.25) is 9.52 Å². The minimum Gasteiger partial charge on any atom is -0.353 e. The van der Waals surface area contributed by atoms with Crippen molar-refractivity contribution in [2.45, 2.75) is 48.4 Å². The minimum absolute atomic E-state index is 0. The fourth-order valence-corrected chi connectivity index (χ4v) is 5.09. The monoisotopic (exact) mass is 429 g/mol. The van der Waals surface area contributed by atoms with Gasteiger partial charge >= 0.3 is 0 Å². The molecule has 0 saturated heterocycles. The second-order valence-corrected chi connectivity index (χ2v) is 9.45. The zero-order valence-corrected chi connectivity index (χ0v) is 17.2. The Bertz CT molecular complexity index is 831. The van der Waals surface area contributed by atoms with Crippen molar-refractivity contribution in [1.29, 1.82) is 0 Å². The summed E-state index contributed by atoms with van der Waals surface area (Å²) in [6, 6.07) is 10.6. The number of sulfonamides is 1. The normalized spacial score (nSPS) is 19.7. The van der Waals surface area contributed by atoms with E-state index >= 15 is 0 Å². The van der Waals surface area contributed by atoms with Crippen molar-refractivity contribution in [3.05, 3.63) is 47.3 Å². The predicted molar refractivity (Wildman–Crippen MR) is 111 cm³/mol. The first-order valence-electron chi connectivity index (χ1n) is 8.62. The van der Waals surface area contributed by atoms with Crippen LogP contribution in [0.3, 0.4) is 0 Å². The lowest BCUT2D eigenvalue weighted by atomic mass is 9.91. The van der Waals surface area contributed by atoms with Gasteiger partial charge in [0.2, 0.25) is 5.91 Å². The molecule has 6 nitrogen and oxygen atoms in total. The van der Waals surface area contributed by atoms with Crippen LogP contribution in [0, 0.1) is 0 Å². The molecule has 0 bridgehead atoms. The summed E-state index contributed by atoms with van der Waals surface area (Å²) < 4.78 is 27.2. The molecule has 4 N–H and O–H groups in total. The van der Waals surface area contributed by atoms with E-state index in [0.29, 0.717) is 5.69 Å². The van der Waals surface area contributed by atoms with Crippen molar-refractivity contribution < 1.29 is 13.2 Å². The van der Waals surface area contributed by atoms with E-state index in [4.69, 9.17) is 5.73 Å². The van der Waals surface area contributed by atoms with E-state index in [0.717, 1.165) is 31.2 Å². The molecule has 1 aliphatic rings. The quantitative estimate of drug-likeness (QED) is 0.657. The van der Waals surface area contributed by atoms with Gasteiger partial charge in [0.25, 0.3) is 10.0 Å². The molecule has 1 aromatic heterocycles. The Morgan fingerprint density at radius 1 is 1.11 bits per heavy atom. The summed E-state index contributed by atoms with van der Waals surface area (Å²) in [5.41, 5.74) is 7.20. The fourth-order valence-electron chi connectivity index (χ4n) is 3.04. The first-order valence-corrected chi connectivity index (χ1v) is 11.0. The smallest absolute Gasteiger partial charge is 0.271 e.